The summed E-state index contributed by atoms with van der Waals surface area (Å²) in [7, 11) is -4.12. The smallest absolute Gasteiger partial charge is 0.298 e. The summed E-state index contributed by atoms with van der Waals surface area (Å²) >= 11 is 6.95. The molecule has 4 rings (SSSR count). The minimum Gasteiger partial charge on any atom is -0.506 e. The highest BCUT2D eigenvalue weighted by atomic mass is 79.9. The standard InChI is InChI=1S/C27H28Br2O5S/c1-13(2)23-15(5)25(30)20(28)11-18(23)27(17-9-7-8-10-22(17)35(32,33)34-27)19-12-21(29)26(31)16(6)24(19)14(3)4/h7-14,30-31H,1-6H3. The van der Waals surface area contributed by atoms with Gasteiger partial charge in [-0.1, -0.05) is 45.9 Å². The number of fused-ring (bicyclic) bond motifs is 1. The summed E-state index contributed by atoms with van der Waals surface area (Å²) in [5.74, 6) is 0.107. The average molecular weight is 624 g/mol. The molecule has 35 heavy (non-hydrogen) atoms. The fraction of sp³-hybridized carbons (Fsp3) is 0.333. The maximum Gasteiger partial charge on any atom is 0.298 e. The van der Waals surface area contributed by atoms with E-state index in [1.165, 1.54) is 0 Å². The second-order valence-electron chi connectivity index (χ2n) is 9.61. The lowest BCUT2D eigenvalue weighted by molar-refractivity contribution is 0.176. The van der Waals surface area contributed by atoms with E-state index in [0.29, 0.717) is 36.8 Å². The van der Waals surface area contributed by atoms with Gasteiger partial charge in [0, 0.05) is 5.56 Å². The zero-order valence-corrected chi connectivity index (χ0v) is 24.4. The van der Waals surface area contributed by atoms with Crippen molar-refractivity contribution in [2.75, 3.05) is 0 Å². The van der Waals surface area contributed by atoms with Crippen LogP contribution >= 0.6 is 31.9 Å². The number of halogens is 2. The van der Waals surface area contributed by atoms with Crippen LogP contribution in [0, 0.1) is 13.8 Å². The summed E-state index contributed by atoms with van der Waals surface area (Å²) in [6.07, 6.45) is 0. The third-order valence-corrected chi connectivity index (χ3v) is 9.35. The molecular weight excluding hydrogens is 596 g/mol. The van der Waals surface area contributed by atoms with E-state index in [2.05, 4.69) is 31.9 Å². The van der Waals surface area contributed by atoms with E-state index in [4.69, 9.17) is 4.18 Å². The molecule has 3 aromatic rings. The van der Waals surface area contributed by atoms with Crippen molar-refractivity contribution in [3.63, 3.8) is 0 Å². The van der Waals surface area contributed by atoms with Gasteiger partial charge in [-0.3, -0.25) is 0 Å². The lowest BCUT2D eigenvalue weighted by Crippen LogP contribution is -2.33. The lowest BCUT2D eigenvalue weighted by atomic mass is 9.72. The van der Waals surface area contributed by atoms with Crippen LogP contribution < -0.4 is 0 Å². The van der Waals surface area contributed by atoms with E-state index >= 15 is 0 Å². The molecule has 1 heterocycles. The van der Waals surface area contributed by atoms with Gasteiger partial charge in [-0.2, -0.15) is 8.42 Å². The molecule has 1 aliphatic heterocycles. The second kappa shape index (κ2) is 8.91. The monoisotopic (exact) mass is 622 g/mol. The predicted molar refractivity (Wildman–Crippen MR) is 144 cm³/mol. The Kier molecular flexibility index (Phi) is 6.67. The number of hydrogen-bond acceptors (Lipinski definition) is 5. The zero-order valence-electron chi connectivity index (χ0n) is 20.4. The highest BCUT2D eigenvalue weighted by Gasteiger charge is 2.54. The Bertz CT molecular complexity index is 1390. The Labute approximate surface area is 223 Å². The van der Waals surface area contributed by atoms with Crippen molar-refractivity contribution in [2.24, 2.45) is 0 Å². The van der Waals surface area contributed by atoms with Crippen LogP contribution in [0.3, 0.4) is 0 Å². The largest absolute Gasteiger partial charge is 0.506 e. The van der Waals surface area contributed by atoms with Gasteiger partial charge in [-0.25, -0.2) is 4.18 Å². The first-order chi connectivity index (χ1) is 16.3. The van der Waals surface area contributed by atoms with Crippen LogP contribution in [0.1, 0.15) is 78.5 Å². The number of rotatable bonds is 4. The molecule has 0 radical (unpaired) electrons. The number of aromatic hydroxyl groups is 2. The van der Waals surface area contributed by atoms with Crippen molar-refractivity contribution >= 4 is 42.0 Å². The minimum absolute atomic E-state index is 0.0518. The van der Waals surface area contributed by atoms with Gasteiger partial charge in [0.25, 0.3) is 10.1 Å². The first-order valence-electron chi connectivity index (χ1n) is 11.4. The van der Waals surface area contributed by atoms with Gasteiger partial charge < -0.3 is 10.2 Å². The molecule has 0 saturated heterocycles. The van der Waals surface area contributed by atoms with Crippen molar-refractivity contribution in [1.29, 1.82) is 0 Å². The normalized spacial score (nSPS) is 16.2. The van der Waals surface area contributed by atoms with Gasteiger partial charge in [0.15, 0.2) is 5.60 Å². The lowest BCUT2D eigenvalue weighted by Gasteiger charge is -2.36. The fourth-order valence-electron chi connectivity index (χ4n) is 5.39. The Balaban J connectivity index is 2.33. The van der Waals surface area contributed by atoms with Crippen LogP contribution in [0.25, 0.3) is 0 Å². The average Bonchev–Trinajstić information content (AvgIpc) is 3.03. The number of phenolic OH excluding ortho intramolecular Hbond substituents is 2. The molecule has 8 heteroatoms. The van der Waals surface area contributed by atoms with Crippen molar-refractivity contribution in [2.45, 2.75) is 63.9 Å². The molecule has 0 aromatic heterocycles. The molecule has 186 valence electrons. The first kappa shape index (κ1) is 26.2. The summed E-state index contributed by atoms with van der Waals surface area (Å²) in [5.41, 5.74) is 3.12. The van der Waals surface area contributed by atoms with Crippen molar-refractivity contribution in [3.8, 4) is 11.5 Å². The molecule has 1 aliphatic rings. The molecule has 2 N–H and O–H groups in total. The summed E-state index contributed by atoms with van der Waals surface area (Å²) in [6.45, 7) is 11.7. The van der Waals surface area contributed by atoms with Crippen LogP contribution in [-0.4, -0.2) is 18.6 Å². The van der Waals surface area contributed by atoms with E-state index < -0.39 is 15.7 Å². The van der Waals surface area contributed by atoms with Gasteiger partial charge in [0.05, 0.1) is 8.95 Å². The highest BCUT2D eigenvalue weighted by Crippen LogP contribution is 2.56. The van der Waals surface area contributed by atoms with E-state index in [-0.39, 0.29) is 28.2 Å². The summed E-state index contributed by atoms with van der Waals surface area (Å²) in [6, 6.07) is 10.3. The highest BCUT2D eigenvalue weighted by molar-refractivity contribution is 9.10. The topological polar surface area (TPSA) is 83.8 Å². The van der Waals surface area contributed by atoms with Crippen LogP contribution in [0.15, 0.2) is 50.2 Å². The Morgan fingerprint density at radius 3 is 1.66 bits per heavy atom. The molecule has 0 aliphatic carbocycles. The van der Waals surface area contributed by atoms with Gasteiger partial charge in [0.2, 0.25) is 0 Å². The Hall–Kier alpha value is -1.87. The van der Waals surface area contributed by atoms with Crippen LogP contribution in [0.5, 0.6) is 11.5 Å². The third kappa shape index (κ3) is 3.84. The molecule has 3 aromatic carbocycles. The third-order valence-electron chi connectivity index (χ3n) is 6.78. The van der Waals surface area contributed by atoms with Gasteiger partial charge in [-0.15, -0.1) is 0 Å². The first-order valence-corrected chi connectivity index (χ1v) is 14.3. The maximum atomic E-state index is 13.5. The molecule has 0 bridgehead atoms. The molecule has 0 unspecified atom stereocenters. The molecule has 0 saturated carbocycles. The molecule has 0 spiro atoms. The van der Waals surface area contributed by atoms with Crippen molar-refractivity contribution < 1.29 is 22.8 Å². The number of phenols is 2. The summed E-state index contributed by atoms with van der Waals surface area (Å²) < 4.78 is 34.1. The van der Waals surface area contributed by atoms with Gasteiger partial charge in [-0.05, 0) is 109 Å². The molecule has 0 amide bonds. The summed E-state index contributed by atoms with van der Waals surface area (Å²) in [4.78, 5) is 0.105. The molecule has 0 fully saturated rings. The van der Waals surface area contributed by atoms with Crippen LogP contribution in [0.4, 0.5) is 0 Å². The van der Waals surface area contributed by atoms with Gasteiger partial charge in [0.1, 0.15) is 16.4 Å². The van der Waals surface area contributed by atoms with Crippen LogP contribution in [-0.2, 0) is 19.9 Å². The minimum atomic E-state index is -4.12. The van der Waals surface area contributed by atoms with Crippen molar-refractivity contribution in [1.82, 2.24) is 0 Å². The quantitative estimate of drug-likeness (QED) is 0.294. The predicted octanol–water partition coefficient (Wildman–Crippen LogP) is 7.50. The van der Waals surface area contributed by atoms with Crippen LogP contribution in [0.2, 0.25) is 0 Å². The maximum absolute atomic E-state index is 13.5. The Morgan fingerprint density at radius 1 is 0.800 bits per heavy atom. The van der Waals surface area contributed by atoms with Crippen molar-refractivity contribution in [3.05, 3.63) is 84.3 Å². The van der Waals surface area contributed by atoms with E-state index in [0.717, 1.165) is 11.1 Å². The zero-order chi connectivity index (χ0) is 26.0. The van der Waals surface area contributed by atoms with E-state index in [1.54, 1.807) is 36.4 Å². The Morgan fingerprint density at radius 2 is 1.23 bits per heavy atom. The SMILES string of the molecule is Cc1c(O)c(Br)cc(C2(c3cc(Br)c(O)c(C)c3C(C)C)OS(=O)(=O)c3ccccc32)c1C(C)C. The number of hydrogen-bond donors (Lipinski definition) is 2. The fourth-order valence-corrected chi connectivity index (χ4v) is 7.86. The molecule has 5 nitrogen and oxygen atoms in total. The number of benzene rings is 3. The van der Waals surface area contributed by atoms with E-state index in [1.807, 2.05) is 41.5 Å². The second-order valence-corrected chi connectivity index (χ2v) is 12.8. The van der Waals surface area contributed by atoms with E-state index in [9.17, 15) is 18.6 Å². The summed E-state index contributed by atoms with van der Waals surface area (Å²) in [5, 5.41) is 21.6. The molecular formula is C27H28Br2O5S. The van der Waals surface area contributed by atoms with Gasteiger partial charge >= 0.3 is 0 Å². The molecule has 0 atom stereocenters.